The third-order valence-corrected chi connectivity index (χ3v) is 3.61. The molecule has 0 bridgehead atoms. The summed E-state index contributed by atoms with van der Waals surface area (Å²) in [6.07, 6.45) is 1.84. The average Bonchev–Trinajstić information content (AvgIpc) is 2.75. The third-order valence-electron chi connectivity index (χ3n) is 2.65. The fourth-order valence-electron chi connectivity index (χ4n) is 1.55. The van der Waals surface area contributed by atoms with Gasteiger partial charge in [-0.25, -0.2) is 4.98 Å². The fourth-order valence-corrected chi connectivity index (χ4v) is 2.31. The van der Waals surface area contributed by atoms with Gasteiger partial charge in [0.05, 0.1) is 5.92 Å². The van der Waals surface area contributed by atoms with Crippen LogP contribution in [0.3, 0.4) is 0 Å². The summed E-state index contributed by atoms with van der Waals surface area (Å²) in [5.41, 5.74) is 1.85. The van der Waals surface area contributed by atoms with E-state index in [-0.39, 0.29) is 0 Å². The largest absolute Gasteiger partial charge is 0.481 e. The first-order valence-electron chi connectivity index (χ1n) is 5.33. The number of aryl methyl sites for hydroxylation is 1. The molecule has 0 radical (unpaired) electrons. The number of thiazole rings is 1. The molecule has 0 saturated heterocycles. The zero-order valence-electron chi connectivity index (χ0n) is 9.68. The Hall–Kier alpha value is -1.68. The van der Waals surface area contributed by atoms with Gasteiger partial charge < -0.3 is 5.11 Å². The number of carbonyl (C=O) groups is 1. The van der Waals surface area contributed by atoms with E-state index >= 15 is 0 Å². The SMILES string of the molecule is Cc1cnc(-c2ccc(C(C)C(=O)O)cc2)s1. The third kappa shape index (κ3) is 2.53. The normalized spacial score (nSPS) is 12.4. The van der Waals surface area contributed by atoms with E-state index in [0.717, 1.165) is 16.1 Å². The van der Waals surface area contributed by atoms with Crippen molar-refractivity contribution in [3.63, 3.8) is 0 Å². The molecule has 17 heavy (non-hydrogen) atoms. The lowest BCUT2D eigenvalue weighted by Crippen LogP contribution is -2.06. The van der Waals surface area contributed by atoms with E-state index in [2.05, 4.69) is 4.98 Å². The van der Waals surface area contributed by atoms with Gasteiger partial charge in [0.25, 0.3) is 0 Å². The molecule has 1 N–H and O–H groups in total. The maximum absolute atomic E-state index is 10.8. The summed E-state index contributed by atoms with van der Waals surface area (Å²) in [5.74, 6) is -1.27. The Morgan fingerprint density at radius 2 is 2.00 bits per heavy atom. The van der Waals surface area contributed by atoms with E-state index in [4.69, 9.17) is 5.11 Å². The van der Waals surface area contributed by atoms with E-state index in [1.54, 1.807) is 18.3 Å². The highest BCUT2D eigenvalue weighted by molar-refractivity contribution is 7.14. The van der Waals surface area contributed by atoms with Gasteiger partial charge in [-0.05, 0) is 19.4 Å². The second-order valence-electron chi connectivity index (χ2n) is 3.96. The van der Waals surface area contributed by atoms with Gasteiger partial charge in [0.15, 0.2) is 0 Å². The summed E-state index contributed by atoms with van der Waals surface area (Å²) in [4.78, 5) is 16.3. The first-order chi connectivity index (χ1) is 8.08. The van der Waals surface area contributed by atoms with Crippen LogP contribution in [-0.2, 0) is 4.79 Å². The minimum atomic E-state index is -0.803. The maximum atomic E-state index is 10.8. The molecule has 3 nitrogen and oxygen atoms in total. The van der Waals surface area contributed by atoms with Crippen molar-refractivity contribution in [2.75, 3.05) is 0 Å². The molecule has 1 unspecified atom stereocenters. The van der Waals surface area contributed by atoms with Crippen molar-refractivity contribution in [1.82, 2.24) is 4.98 Å². The van der Waals surface area contributed by atoms with Crippen molar-refractivity contribution >= 4 is 17.3 Å². The van der Waals surface area contributed by atoms with E-state index in [0.29, 0.717) is 0 Å². The number of aromatic nitrogens is 1. The summed E-state index contributed by atoms with van der Waals surface area (Å²) in [5, 5.41) is 9.88. The Kier molecular flexibility index (Phi) is 3.24. The zero-order valence-corrected chi connectivity index (χ0v) is 10.5. The molecular weight excluding hydrogens is 234 g/mol. The van der Waals surface area contributed by atoms with Crippen LogP contribution in [0.25, 0.3) is 10.6 Å². The van der Waals surface area contributed by atoms with Crippen LogP contribution in [0.2, 0.25) is 0 Å². The quantitative estimate of drug-likeness (QED) is 0.905. The Labute approximate surface area is 104 Å². The van der Waals surface area contributed by atoms with Gasteiger partial charge >= 0.3 is 5.97 Å². The predicted molar refractivity (Wildman–Crippen MR) is 68.3 cm³/mol. The molecule has 0 saturated carbocycles. The molecule has 1 heterocycles. The minimum absolute atomic E-state index is 0.470. The number of hydrogen-bond donors (Lipinski definition) is 1. The monoisotopic (exact) mass is 247 g/mol. The van der Waals surface area contributed by atoms with Crippen LogP contribution in [0.4, 0.5) is 0 Å². The number of benzene rings is 1. The molecule has 1 aromatic heterocycles. The van der Waals surface area contributed by atoms with Crippen molar-refractivity contribution in [2.45, 2.75) is 19.8 Å². The van der Waals surface area contributed by atoms with Crippen molar-refractivity contribution in [3.8, 4) is 10.6 Å². The highest BCUT2D eigenvalue weighted by atomic mass is 32.1. The molecule has 0 aliphatic rings. The summed E-state index contributed by atoms with van der Waals surface area (Å²) < 4.78 is 0. The smallest absolute Gasteiger partial charge is 0.310 e. The number of aliphatic carboxylic acids is 1. The van der Waals surface area contributed by atoms with Crippen LogP contribution >= 0.6 is 11.3 Å². The van der Waals surface area contributed by atoms with Crippen molar-refractivity contribution in [1.29, 1.82) is 0 Å². The van der Waals surface area contributed by atoms with Crippen molar-refractivity contribution < 1.29 is 9.90 Å². The van der Waals surface area contributed by atoms with Crippen molar-refractivity contribution in [3.05, 3.63) is 40.9 Å². The molecule has 0 amide bonds. The van der Waals surface area contributed by atoms with Crippen LogP contribution < -0.4 is 0 Å². The van der Waals surface area contributed by atoms with Gasteiger partial charge in [-0.15, -0.1) is 11.3 Å². The van der Waals surface area contributed by atoms with E-state index in [9.17, 15) is 4.79 Å². The van der Waals surface area contributed by atoms with E-state index < -0.39 is 11.9 Å². The van der Waals surface area contributed by atoms with E-state index in [1.165, 1.54) is 4.88 Å². The fraction of sp³-hybridized carbons (Fsp3) is 0.231. The molecular formula is C13H13NO2S. The van der Waals surface area contributed by atoms with Gasteiger partial charge in [0.1, 0.15) is 5.01 Å². The number of hydrogen-bond acceptors (Lipinski definition) is 3. The number of nitrogens with zero attached hydrogens (tertiary/aromatic N) is 1. The molecule has 2 aromatic rings. The molecule has 1 aromatic carbocycles. The van der Waals surface area contributed by atoms with Crippen LogP contribution in [0.1, 0.15) is 23.3 Å². The number of rotatable bonds is 3. The van der Waals surface area contributed by atoms with Gasteiger partial charge in [-0.3, -0.25) is 4.79 Å². The lowest BCUT2D eigenvalue weighted by Gasteiger charge is -2.06. The number of carboxylic acids is 1. The van der Waals surface area contributed by atoms with Gasteiger partial charge in [-0.1, -0.05) is 24.3 Å². The van der Waals surface area contributed by atoms with Gasteiger partial charge in [0, 0.05) is 16.6 Å². The first kappa shape index (κ1) is 11.8. The molecule has 0 aliphatic carbocycles. The van der Waals surface area contributed by atoms with Crippen LogP contribution in [0.5, 0.6) is 0 Å². The second-order valence-corrected chi connectivity index (χ2v) is 5.19. The maximum Gasteiger partial charge on any atom is 0.310 e. The predicted octanol–water partition coefficient (Wildman–Crippen LogP) is 3.31. The summed E-state index contributed by atoms with van der Waals surface area (Å²) in [7, 11) is 0. The molecule has 1 atom stereocenters. The summed E-state index contributed by atoms with van der Waals surface area (Å²) in [6, 6.07) is 7.55. The Morgan fingerprint density at radius 3 is 2.47 bits per heavy atom. The molecule has 88 valence electrons. The molecule has 0 spiro atoms. The minimum Gasteiger partial charge on any atom is -0.481 e. The molecule has 2 rings (SSSR count). The lowest BCUT2D eigenvalue weighted by molar-refractivity contribution is -0.138. The first-order valence-corrected chi connectivity index (χ1v) is 6.15. The molecule has 0 fully saturated rings. The zero-order chi connectivity index (χ0) is 12.4. The Morgan fingerprint density at radius 1 is 1.35 bits per heavy atom. The topological polar surface area (TPSA) is 50.2 Å². The Bertz CT molecular complexity index is 531. The van der Waals surface area contributed by atoms with Crippen LogP contribution in [-0.4, -0.2) is 16.1 Å². The summed E-state index contributed by atoms with van der Waals surface area (Å²) in [6.45, 7) is 3.70. The van der Waals surface area contributed by atoms with Crippen molar-refractivity contribution in [2.24, 2.45) is 0 Å². The average molecular weight is 247 g/mol. The Balaban J connectivity index is 2.27. The highest BCUT2D eigenvalue weighted by Crippen LogP contribution is 2.26. The molecule has 0 aliphatic heterocycles. The van der Waals surface area contributed by atoms with Gasteiger partial charge in [0.2, 0.25) is 0 Å². The number of carboxylic acid groups (broad SMARTS) is 1. The van der Waals surface area contributed by atoms with Crippen LogP contribution in [0.15, 0.2) is 30.5 Å². The lowest BCUT2D eigenvalue weighted by atomic mass is 10.0. The van der Waals surface area contributed by atoms with Crippen LogP contribution in [0, 0.1) is 6.92 Å². The highest BCUT2D eigenvalue weighted by Gasteiger charge is 2.13. The molecule has 4 heteroatoms. The second kappa shape index (κ2) is 4.67. The standard InChI is InChI=1S/C13H13NO2S/c1-8-7-14-12(17-8)11-5-3-10(4-6-11)9(2)13(15)16/h3-7,9H,1-2H3,(H,15,16). The summed E-state index contributed by atoms with van der Waals surface area (Å²) >= 11 is 1.63. The van der Waals surface area contributed by atoms with E-state index in [1.807, 2.05) is 37.4 Å². The van der Waals surface area contributed by atoms with Gasteiger partial charge in [-0.2, -0.15) is 0 Å².